The summed E-state index contributed by atoms with van der Waals surface area (Å²) < 4.78 is 2.23. The van der Waals surface area contributed by atoms with E-state index in [1.165, 1.54) is 22.2 Å². The topological polar surface area (TPSA) is 59.8 Å². The average molecular weight is 398 g/mol. The van der Waals surface area contributed by atoms with Gasteiger partial charge in [0.05, 0.1) is 16.9 Å². The Hall–Kier alpha value is -3.51. The number of rotatable bonds is 4. The van der Waals surface area contributed by atoms with Gasteiger partial charge < -0.3 is 9.88 Å². The number of hydrogen-bond donors (Lipinski definition) is 1. The molecule has 3 aromatic heterocycles. The fraction of sp³-hybridized carbons (Fsp3) is 0.0870. The molecule has 0 aliphatic heterocycles. The molecule has 5 nitrogen and oxygen atoms in total. The highest BCUT2D eigenvalue weighted by Gasteiger charge is 2.16. The molecule has 5 rings (SSSR count). The number of aromatic nitrogens is 3. The fourth-order valence-corrected chi connectivity index (χ4v) is 4.45. The summed E-state index contributed by atoms with van der Waals surface area (Å²) in [6.07, 6.45) is 1.74. The molecule has 0 atom stereocenters. The van der Waals surface area contributed by atoms with E-state index in [1.54, 1.807) is 6.20 Å². The third-order valence-electron chi connectivity index (χ3n) is 4.98. The molecule has 0 saturated carbocycles. The Morgan fingerprint density at radius 3 is 2.90 bits per heavy atom. The highest BCUT2D eigenvalue weighted by Crippen LogP contribution is 2.31. The van der Waals surface area contributed by atoms with Gasteiger partial charge in [-0.1, -0.05) is 24.3 Å². The molecule has 1 N–H and O–H groups in total. The number of thiazole rings is 1. The van der Waals surface area contributed by atoms with Crippen molar-refractivity contribution in [3.8, 4) is 10.7 Å². The normalized spacial score (nSPS) is 11.2. The number of aryl methyl sites for hydroxylation is 1. The number of carbonyl (C=O) groups is 1. The standard InChI is InChI=1S/C23H18N4OS/c1-2-27-20-11-4-3-7-15(20)13-21(27)23-26-19(14-29-23)22(28)25-18-10-5-9-17-16(18)8-6-12-24-17/h3-14H,2H2,1H3,(H,25,28). The minimum absolute atomic E-state index is 0.219. The molecule has 142 valence electrons. The van der Waals surface area contributed by atoms with Crippen molar-refractivity contribution in [2.24, 2.45) is 0 Å². The number of para-hydroxylation sites is 1. The van der Waals surface area contributed by atoms with Gasteiger partial charge in [0, 0.05) is 34.4 Å². The highest BCUT2D eigenvalue weighted by molar-refractivity contribution is 7.13. The van der Waals surface area contributed by atoms with Crippen molar-refractivity contribution in [1.29, 1.82) is 0 Å². The first-order valence-corrected chi connectivity index (χ1v) is 10.3. The maximum Gasteiger partial charge on any atom is 0.275 e. The Morgan fingerprint density at radius 1 is 1.10 bits per heavy atom. The number of fused-ring (bicyclic) bond motifs is 2. The van der Waals surface area contributed by atoms with Gasteiger partial charge in [0.1, 0.15) is 10.7 Å². The zero-order chi connectivity index (χ0) is 19.8. The van der Waals surface area contributed by atoms with Gasteiger partial charge in [0.2, 0.25) is 0 Å². The summed E-state index contributed by atoms with van der Waals surface area (Å²) >= 11 is 1.48. The molecule has 0 fully saturated rings. The van der Waals surface area contributed by atoms with Crippen molar-refractivity contribution in [2.45, 2.75) is 13.5 Å². The van der Waals surface area contributed by atoms with E-state index in [9.17, 15) is 4.79 Å². The summed E-state index contributed by atoms with van der Waals surface area (Å²) in [5.74, 6) is -0.219. The molecule has 0 unspecified atom stereocenters. The molecule has 0 radical (unpaired) electrons. The van der Waals surface area contributed by atoms with Crippen LogP contribution in [0.1, 0.15) is 17.4 Å². The maximum absolute atomic E-state index is 12.8. The van der Waals surface area contributed by atoms with Gasteiger partial charge in [-0.15, -0.1) is 11.3 Å². The SMILES string of the molecule is CCn1c(-c2nc(C(=O)Nc3cccc4ncccc34)cs2)cc2ccccc21. The average Bonchev–Trinajstić information content (AvgIpc) is 3.38. The monoisotopic (exact) mass is 398 g/mol. The Bertz CT molecular complexity index is 1350. The molecule has 1 amide bonds. The second-order valence-electron chi connectivity index (χ2n) is 6.70. The van der Waals surface area contributed by atoms with E-state index in [4.69, 9.17) is 0 Å². The van der Waals surface area contributed by atoms with Crippen molar-refractivity contribution < 1.29 is 4.79 Å². The van der Waals surface area contributed by atoms with E-state index in [2.05, 4.69) is 45.0 Å². The van der Waals surface area contributed by atoms with Crippen LogP contribution >= 0.6 is 11.3 Å². The summed E-state index contributed by atoms with van der Waals surface area (Å²) in [5, 5.41) is 7.71. The molecule has 3 heterocycles. The van der Waals surface area contributed by atoms with Crippen LogP contribution in [0.5, 0.6) is 0 Å². The van der Waals surface area contributed by atoms with Crippen molar-refractivity contribution >= 4 is 44.7 Å². The smallest absolute Gasteiger partial charge is 0.275 e. The zero-order valence-corrected chi connectivity index (χ0v) is 16.6. The number of benzene rings is 2. The molecular weight excluding hydrogens is 380 g/mol. The van der Waals surface area contributed by atoms with E-state index < -0.39 is 0 Å². The second kappa shape index (κ2) is 7.14. The van der Waals surface area contributed by atoms with Crippen LogP contribution in [0.2, 0.25) is 0 Å². The third-order valence-corrected chi connectivity index (χ3v) is 5.84. The minimum atomic E-state index is -0.219. The zero-order valence-electron chi connectivity index (χ0n) is 15.8. The fourth-order valence-electron chi connectivity index (χ4n) is 3.62. The first-order chi connectivity index (χ1) is 14.2. The summed E-state index contributed by atoms with van der Waals surface area (Å²) in [7, 11) is 0. The van der Waals surface area contributed by atoms with Crippen LogP contribution in [0, 0.1) is 0 Å². The molecule has 0 aliphatic carbocycles. The van der Waals surface area contributed by atoms with E-state index in [0.29, 0.717) is 5.69 Å². The Morgan fingerprint density at radius 2 is 2.00 bits per heavy atom. The molecule has 0 aliphatic rings. The van der Waals surface area contributed by atoms with Crippen LogP contribution in [0.15, 0.2) is 72.2 Å². The molecule has 6 heteroatoms. The van der Waals surface area contributed by atoms with Crippen molar-refractivity contribution in [2.75, 3.05) is 5.32 Å². The van der Waals surface area contributed by atoms with E-state index in [0.717, 1.165) is 33.8 Å². The van der Waals surface area contributed by atoms with Gasteiger partial charge in [0.25, 0.3) is 5.91 Å². The number of nitrogens with zero attached hydrogens (tertiary/aromatic N) is 3. The van der Waals surface area contributed by atoms with Gasteiger partial charge in [-0.25, -0.2) is 4.98 Å². The lowest BCUT2D eigenvalue weighted by molar-refractivity contribution is 0.102. The van der Waals surface area contributed by atoms with Gasteiger partial charge >= 0.3 is 0 Å². The summed E-state index contributed by atoms with van der Waals surface area (Å²) in [6.45, 7) is 2.96. The second-order valence-corrected chi connectivity index (χ2v) is 7.56. The van der Waals surface area contributed by atoms with Gasteiger partial charge in [-0.2, -0.15) is 0 Å². The van der Waals surface area contributed by atoms with Crippen LogP contribution in [-0.4, -0.2) is 20.4 Å². The summed E-state index contributed by atoms with van der Waals surface area (Å²) in [6, 6.07) is 19.9. The number of carbonyl (C=O) groups excluding carboxylic acids is 1. The predicted octanol–water partition coefficient (Wildman–Crippen LogP) is 5.59. The van der Waals surface area contributed by atoms with Crippen molar-refractivity contribution in [3.05, 3.63) is 77.9 Å². The third kappa shape index (κ3) is 3.07. The number of amides is 1. The molecule has 29 heavy (non-hydrogen) atoms. The molecular formula is C23H18N4OS. The first-order valence-electron chi connectivity index (χ1n) is 9.44. The molecule has 2 aromatic carbocycles. The molecule has 0 spiro atoms. The van der Waals surface area contributed by atoms with Crippen LogP contribution < -0.4 is 5.32 Å². The maximum atomic E-state index is 12.8. The van der Waals surface area contributed by atoms with E-state index >= 15 is 0 Å². The van der Waals surface area contributed by atoms with Gasteiger partial charge in [-0.05, 0) is 43.3 Å². The lowest BCUT2D eigenvalue weighted by Gasteiger charge is -2.07. The predicted molar refractivity (Wildman–Crippen MR) is 118 cm³/mol. The number of pyridine rings is 1. The van der Waals surface area contributed by atoms with Crippen molar-refractivity contribution in [1.82, 2.24) is 14.5 Å². The quantitative estimate of drug-likeness (QED) is 0.430. The Labute approximate surface area is 171 Å². The summed E-state index contributed by atoms with van der Waals surface area (Å²) in [5.41, 5.74) is 4.20. The molecule has 5 aromatic rings. The number of hydrogen-bond acceptors (Lipinski definition) is 4. The van der Waals surface area contributed by atoms with Crippen LogP contribution in [0.25, 0.3) is 32.5 Å². The first kappa shape index (κ1) is 17.6. The summed E-state index contributed by atoms with van der Waals surface area (Å²) in [4.78, 5) is 21.8. The largest absolute Gasteiger partial charge is 0.339 e. The molecule has 0 bridgehead atoms. The minimum Gasteiger partial charge on any atom is -0.339 e. The Balaban J connectivity index is 1.48. The number of anilines is 1. The van der Waals surface area contributed by atoms with Crippen LogP contribution in [0.3, 0.4) is 0 Å². The van der Waals surface area contributed by atoms with Crippen molar-refractivity contribution in [3.63, 3.8) is 0 Å². The lowest BCUT2D eigenvalue weighted by Crippen LogP contribution is -2.12. The van der Waals surface area contributed by atoms with E-state index in [1.807, 2.05) is 47.8 Å². The lowest BCUT2D eigenvalue weighted by atomic mass is 10.2. The van der Waals surface area contributed by atoms with Gasteiger partial charge in [-0.3, -0.25) is 9.78 Å². The van der Waals surface area contributed by atoms with Crippen LogP contribution in [0.4, 0.5) is 5.69 Å². The van der Waals surface area contributed by atoms with E-state index in [-0.39, 0.29) is 5.91 Å². The Kier molecular flexibility index (Phi) is 4.33. The highest BCUT2D eigenvalue weighted by atomic mass is 32.1. The number of nitrogens with one attached hydrogen (secondary N) is 1. The van der Waals surface area contributed by atoms with Gasteiger partial charge in [0.15, 0.2) is 0 Å². The van der Waals surface area contributed by atoms with Crippen LogP contribution in [-0.2, 0) is 6.54 Å². The molecule has 0 saturated heterocycles.